The topological polar surface area (TPSA) is 104 Å². The van der Waals surface area contributed by atoms with Gasteiger partial charge in [0.25, 0.3) is 5.91 Å². The molecule has 6 nitrogen and oxygen atoms in total. The highest BCUT2D eigenvalue weighted by molar-refractivity contribution is 8.00. The fourth-order valence-corrected chi connectivity index (χ4v) is 2.02. The van der Waals surface area contributed by atoms with Crippen LogP contribution in [-0.4, -0.2) is 45.6 Å². The van der Waals surface area contributed by atoms with Gasteiger partial charge in [0.1, 0.15) is 6.04 Å². The van der Waals surface area contributed by atoms with Crippen molar-refractivity contribution in [1.82, 2.24) is 5.32 Å². The molecule has 0 aliphatic carbocycles. The average molecular weight is 283 g/mol. The number of thioether (sulfide) groups is 1. The molecule has 1 unspecified atom stereocenters. The maximum atomic E-state index is 11.8. The molecule has 0 saturated heterocycles. The highest BCUT2D eigenvalue weighted by Gasteiger charge is 2.20. The van der Waals surface area contributed by atoms with Crippen LogP contribution < -0.4 is 5.32 Å². The molecule has 0 aromatic heterocycles. The third kappa shape index (κ3) is 5.43. The molecule has 0 aliphatic heterocycles. The number of amides is 1. The van der Waals surface area contributed by atoms with Crippen molar-refractivity contribution in [3.05, 3.63) is 35.9 Å². The molecule has 1 aromatic rings. The van der Waals surface area contributed by atoms with E-state index < -0.39 is 23.9 Å². The monoisotopic (exact) mass is 283 g/mol. The Hall–Kier alpha value is -2.02. The number of carboxylic acid groups (broad SMARTS) is 2. The second-order valence-corrected chi connectivity index (χ2v) is 4.67. The van der Waals surface area contributed by atoms with Crippen LogP contribution in [0.4, 0.5) is 0 Å². The minimum atomic E-state index is -1.19. The summed E-state index contributed by atoms with van der Waals surface area (Å²) in [5, 5.41) is 19.8. The predicted octanol–water partition coefficient (Wildman–Crippen LogP) is 0.687. The van der Waals surface area contributed by atoms with Crippen molar-refractivity contribution in [3.8, 4) is 0 Å². The van der Waals surface area contributed by atoms with Crippen molar-refractivity contribution in [2.75, 3.05) is 11.5 Å². The second-order valence-electron chi connectivity index (χ2n) is 3.64. The fraction of sp³-hybridized carbons (Fsp3) is 0.250. The number of nitrogens with one attached hydrogen (secondary N) is 1. The third-order valence-electron chi connectivity index (χ3n) is 2.15. The molecule has 102 valence electrons. The summed E-state index contributed by atoms with van der Waals surface area (Å²) in [4.78, 5) is 33.1. The summed E-state index contributed by atoms with van der Waals surface area (Å²) in [6, 6.07) is 7.11. The molecule has 0 radical (unpaired) electrons. The lowest BCUT2D eigenvalue weighted by molar-refractivity contribution is -0.138. The lowest BCUT2D eigenvalue weighted by Crippen LogP contribution is -2.42. The van der Waals surface area contributed by atoms with Crippen LogP contribution in [0.25, 0.3) is 0 Å². The van der Waals surface area contributed by atoms with Gasteiger partial charge in [0.2, 0.25) is 0 Å². The molecular weight excluding hydrogens is 270 g/mol. The average Bonchev–Trinajstić information content (AvgIpc) is 2.37. The van der Waals surface area contributed by atoms with E-state index in [1.807, 2.05) is 0 Å². The fourth-order valence-electron chi connectivity index (χ4n) is 1.27. The molecule has 19 heavy (non-hydrogen) atoms. The Labute approximate surface area is 113 Å². The number of carbonyl (C=O) groups is 3. The van der Waals surface area contributed by atoms with Crippen LogP contribution in [0, 0.1) is 0 Å². The van der Waals surface area contributed by atoms with Crippen molar-refractivity contribution < 1.29 is 24.6 Å². The van der Waals surface area contributed by atoms with Crippen LogP contribution in [0.2, 0.25) is 0 Å². The zero-order chi connectivity index (χ0) is 14.3. The van der Waals surface area contributed by atoms with Crippen LogP contribution in [-0.2, 0) is 9.59 Å². The molecule has 0 fully saturated rings. The van der Waals surface area contributed by atoms with E-state index in [1.165, 1.54) is 0 Å². The van der Waals surface area contributed by atoms with Gasteiger partial charge in [-0.05, 0) is 12.1 Å². The van der Waals surface area contributed by atoms with E-state index in [1.54, 1.807) is 30.3 Å². The van der Waals surface area contributed by atoms with Crippen molar-refractivity contribution in [3.63, 3.8) is 0 Å². The van der Waals surface area contributed by atoms with E-state index in [-0.39, 0.29) is 11.5 Å². The zero-order valence-corrected chi connectivity index (χ0v) is 10.7. The number of benzene rings is 1. The van der Waals surface area contributed by atoms with Crippen molar-refractivity contribution in [2.45, 2.75) is 6.04 Å². The van der Waals surface area contributed by atoms with E-state index in [2.05, 4.69) is 5.32 Å². The lowest BCUT2D eigenvalue weighted by Gasteiger charge is -2.13. The number of hydrogen-bond donors (Lipinski definition) is 3. The van der Waals surface area contributed by atoms with Gasteiger partial charge in [0, 0.05) is 11.3 Å². The van der Waals surface area contributed by atoms with Gasteiger partial charge in [0.05, 0.1) is 5.75 Å². The molecule has 7 heteroatoms. The predicted molar refractivity (Wildman–Crippen MR) is 70.3 cm³/mol. The Morgan fingerprint density at radius 1 is 1.16 bits per heavy atom. The summed E-state index contributed by atoms with van der Waals surface area (Å²) in [5.74, 6) is -2.92. The second kappa shape index (κ2) is 7.42. The van der Waals surface area contributed by atoms with Gasteiger partial charge in [0.15, 0.2) is 0 Å². The summed E-state index contributed by atoms with van der Waals surface area (Å²) in [6.45, 7) is 0. The van der Waals surface area contributed by atoms with Crippen molar-refractivity contribution in [1.29, 1.82) is 0 Å². The Balaban J connectivity index is 2.56. The minimum Gasteiger partial charge on any atom is -0.481 e. The van der Waals surface area contributed by atoms with Crippen molar-refractivity contribution in [2.24, 2.45) is 0 Å². The highest BCUT2D eigenvalue weighted by atomic mass is 32.2. The summed E-state index contributed by atoms with van der Waals surface area (Å²) in [6.07, 6.45) is 0. The Kier molecular flexibility index (Phi) is 5.87. The minimum absolute atomic E-state index is 0.000205. The van der Waals surface area contributed by atoms with Gasteiger partial charge >= 0.3 is 11.9 Å². The largest absolute Gasteiger partial charge is 0.481 e. The first-order valence-corrected chi connectivity index (χ1v) is 6.54. The van der Waals surface area contributed by atoms with E-state index in [4.69, 9.17) is 10.2 Å². The number of aliphatic carboxylic acids is 2. The zero-order valence-electron chi connectivity index (χ0n) is 9.91. The molecule has 0 heterocycles. The summed E-state index contributed by atoms with van der Waals surface area (Å²) in [5.41, 5.74) is 0.358. The third-order valence-corrected chi connectivity index (χ3v) is 3.17. The summed E-state index contributed by atoms with van der Waals surface area (Å²) < 4.78 is 0. The number of carboxylic acids is 2. The number of hydrogen-bond acceptors (Lipinski definition) is 4. The lowest BCUT2D eigenvalue weighted by atomic mass is 10.2. The van der Waals surface area contributed by atoms with Crippen LogP contribution in [0.5, 0.6) is 0 Å². The molecular formula is C12H13NO5S. The van der Waals surface area contributed by atoms with Crippen LogP contribution >= 0.6 is 11.8 Å². The van der Waals surface area contributed by atoms with Gasteiger partial charge in [-0.25, -0.2) is 4.79 Å². The van der Waals surface area contributed by atoms with E-state index in [0.717, 1.165) is 11.8 Å². The standard InChI is InChI=1S/C12H13NO5S/c14-10(15)7-19-6-9(12(17)18)13-11(16)8-4-2-1-3-5-8/h1-5,9H,6-7H2,(H,13,16)(H,14,15)(H,17,18). The normalized spacial score (nSPS) is 11.6. The smallest absolute Gasteiger partial charge is 0.327 e. The summed E-state index contributed by atoms with van der Waals surface area (Å²) in [7, 11) is 0. The van der Waals surface area contributed by atoms with E-state index >= 15 is 0 Å². The molecule has 1 atom stereocenters. The van der Waals surface area contributed by atoms with Crippen LogP contribution in [0.3, 0.4) is 0 Å². The summed E-state index contributed by atoms with van der Waals surface area (Å²) >= 11 is 0.940. The number of carbonyl (C=O) groups excluding carboxylic acids is 1. The highest BCUT2D eigenvalue weighted by Crippen LogP contribution is 2.05. The van der Waals surface area contributed by atoms with Gasteiger partial charge in [-0.1, -0.05) is 18.2 Å². The molecule has 3 N–H and O–H groups in total. The molecule has 0 saturated carbocycles. The van der Waals surface area contributed by atoms with Gasteiger partial charge in [-0.2, -0.15) is 0 Å². The Morgan fingerprint density at radius 2 is 1.79 bits per heavy atom. The molecule has 1 amide bonds. The SMILES string of the molecule is O=C(O)CSCC(NC(=O)c1ccccc1)C(=O)O. The quantitative estimate of drug-likeness (QED) is 0.680. The van der Waals surface area contributed by atoms with Gasteiger partial charge < -0.3 is 15.5 Å². The Morgan fingerprint density at radius 3 is 2.32 bits per heavy atom. The number of rotatable bonds is 7. The maximum absolute atomic E-state index is 11.8. The molecule has 0 spiro atoms. The first-order valence-electron chi connectivity index (χ1n) is 5.39. The van der Waals surface area contributed by atoms with E-state index in [0.29, 0.717) is 5.56 Å². The Bertz CT molecular complexity index is 462. The maximum Gasteiger partial charge on any atom is 0.327 e. The first-order chi connectivity index (χ1) is 9.00. The van der Waals surface area contributed by atoms with Crippen LogP contribution in [0.1, 0.15) is 10.4 Å². The molecule has 0 bridgehead atoms. The van der Waals surface area contributed by atoms with Gasteiger partial charge in [-0.3, -0.25) is 9.59 Å². The molecule has 1 rings (SSSR count). The first kappa shape index (κ1) is 15.0. The van der Waals surface area contributed by atoms with Crippen molar-refractivity contribution >= 4 is 29.6 Å². The van der Waals surface area contributed by atoms with Gasteiger partial charge in [-0.15, -0.1) is 11.8 Å². The molecule has 0 aliphatic rings. The van der Waals surface area contributed by atoms with Crippen LogP contribution in [0.15, 0.2) is 30.3 Å². The molecule has 1 aromatic carbocycles. The van der Waals surface area contributed by atoms with E-state index in [9.17, 15) is 14.4 Å².